The molecule has 0 bridgehead atoms. The highest BCUT2D eigenvalue weighted by Crippen LogP contribution is 2.04. The number of aliphatic hydroxyl groups is 1. The van der Waals surface area contributed by atoms with Gasteiger partial charge in [-0.05, 0) is 11.3 Å². The fraction of sp³-hybridized carbons (Fsp3) is 0.250. The molecule has 0 unspecified atom stereocenters. The van der Waals surface area contributed by atoms with Crippen molar-refractivity contribution in [1.29, 1.82) is 0 Å². The van der Waals surface area contributed by atoms with E-state index in [9.17, 15) is 4.79 Å². The zero-order valence-corrected chi connectivity index (χ0v) is 10.7. The van der Waals surface area contributed by atoms with Gasteiger partial charge < -0.3 is 5.11 Å². The maximum absolute atomic E-state index is 11.9. The molecule has 0 aliphatic rings. The number of aliphatic hydroxyl groups excluding tert-OH is 1. The summed E-state index contributed by atoms with van der Waals surface area (Å²) in [5.41, 5.74) is 0.937. The zero-order chi connectivity index (χ0) is 14.4. The number of nitrogens with zero attached hydrogens (tertiary/aromatic N) is 5. The number of hydrogen-bond donors (Lipinski definition) is 2. The van der Waals surface area contributed by atoms with Gasteiger partial charge in [0.25, 0.3) is 11.9 Å². The van der Waals surface area contributed by atoms with E-state index in [2.05, 4.69) is 37.6 Å². The summed E-state index contributed by atoms with van der Waals surface area (Å²) in [6.45, 7) is -0.00104. The van der Waals surface area contributed by atoms with E-state index in [0.717, 1.165) is 0 Å². The number of anilines is 1. The van der Waals surface area contributed by atoms with E-state index in [4.69, 9.17) is 5.11 Å². The van der Waals surface area contributed by atoms with Gasteiger partial charge >= 0.3 is 0 Å². The molecule has 1 amide bonds. The van der Waals surface area contributed by atoms with Gasteiger partial charge in [-0.3, -0.25) is 15.1 Å². The van der Waals surface area contributed by atoms with Gasteiger partial charge in [0.15, 0.2) is 0 Å². The van der Waals surface area contributed by atoms with Gasteiger partial charge in [0.05, 0.1) is 19.2 Å². The summed E-state index contributed by atoms with van der Waals surface area (Å²) in [7, 11) is 1.60. The molecule has 0 aliphatic heterocycles. The molecule has 0 saturated heterocycles. The maximum Gasteiger partial charge on any atom is 0.270 e. The van der Waals surface area contributed by atoms with Crippen LogP contribution in [0.4, 0.5) is 5.95 Å². The molecule has 2 heterocycles. The average Bonchev–Trinajstić information content (AvgIpc) is 2.85. The SMILES string of the molecule is Cn1nnc(NC(=O)c2cncc(C#CCCO)c2)n1. The standard InChI is InChI=1S/C12H12N6O2/c1-18-16-12(15-17-18)14-11(20)10-6-9(7-13-8-10)4-2-3-5-19/h6-8,19H,3,5H2,1H3,(H,14,16,20). The highest BCUT2D eigenvalue weighted by atomic mass is 16.2. The number of carbonyl (C=O) groups is 1. The van der Waals surface area contributed by atoms with Crippen molar-refractivity contribution in [2.75, 3.05) is 11.9 Å². The molecule has 8 nitrogen and oxygen atoms in total. The first-order valence-corrected chi connectivity index (χ1v) is 5.79. The molecule has 0 fully saturated rings. The van der Waals surface area contributed by atoms with Crippen molar-refractivity contribution < 1.29 is 9.90 Å². The molecule has 0 aromatic carbocycles. The van der Waals surface area contributed by atoms with Crippen molar-refractivity contribution in [2.45, 2.75) is 6.42 Å². The lowest BCUT2D eigenvalue weighted by Gasteiger charge is -2.00. The van der Waals surface area contributed by atoms with Crippen LogP contribution in [0.3, 0.4) is 0 Å². The van der Waals surface area contributed by atoms with Crippen LogP contribution in [0.2, 0.25) is 0 Å². The van der Waals surface area contributed by atoms with Crippen molar-refractivity contribution in [2.24, 2.45) is 7.05 Å². The summed E-state index contributed by atoms with van der Waals surface area (Å²) in [5.74, 6) is 5.30. The molecule has 0 saturated carbocycles. The third-order valence-electron chi connectivity index (χ3n) is 2.20. The highest BCUT2D eigenvalue weighted by Gasteiger charge is 2.09. The monoisotopic (exact) mass is 272 g/mol. The van der Waals surface area contributed by atoms with Crippen LogP contribution < -0.4 is 5.32 Å². The Labute approximate surface area is 114 Å². The van der Waals surface area contributed by atoms with E-state index in [1.807, 2.05) is 0 Å². The van der Waals surface area contributed by atoms with Crippen LogP contribution in [0.1, 0.15) is 22.3 Å². The predicted octanol–water partition coefficient (Wildman–Crippen LogP) is -0.409. The number of pyridine rings is 1. The number of tetrazole rings is 1. The Morgan fingerprint density at radius 3 is 3.05 bits per heavy atom. The fourth-order valence-electron chi connectivity index (χ4n) is 1.36. The van der Waals surface area contributed by atoms with Gasteiger partial charge in [0.2, 0.25) is 0 Å². The Kier molecular flexibility index (Phi) is 4.36. The van der Waals surface area contributed by atoms with Crippen LogP contribution in [0.15, 0.2) is 18.5 Å². The van der Waals surface area contributed by atoms with Crippen LogP contribution in [-0.2, 0) is 7.05 Å². The van der Waals surface area contributed by atoms with Gasteiger partial charge in [-0.1, -0.05) is 16.9 Å². The normalized spacial score (nSPS) is 9.70. The molecule has 0 radical (unpaired) electrons. The largest absolute Gasteiger partial charge is 0.395 e. The molecular weight excluding hydrogens is 260 g/mol. The van der Waals surface area contributed by atoms with Gasteiger partial charge in [-0.25, -0.2) is 0 Å². The quantitative estimate of drug-likeness (QED) is 0.736. The molecule has 0 aliphatic carbocycles. The van der Waals surface area contributed by atoms with Crippen LogP contribution in [0, 0.1) is 11.8 Å². The van der Waals surface area contributed by atoms with E-state index < -0.39 is 5.91 Å². The van der Waals surface area contributed by atoms with E-state index in [1.165, 1.54) is 11.0 Å². The van der Waals surface area contributed by atoms with Crippen molar-refractivity contribution in [1.82, 2.24) is 25.2 Å². The molecule has 102 valence electrons. The number of nitrogens with one attached hydrogen (secondary N) is 1. The molecule has 2 N–H and O–H groups in total. The second-order valence-corrected chi connectivity index (χ2v) is 3.79. The molecule has 2 aromatic rings. The summed E-state index contributed by atoms with van der Waals surface area (Å²) in [4.78, 5) is 17.1. The van der Waals surface area contributed by atoms with Crippen molar-refractivity contribution >= 4 is 11.9 Å². The fourth-order valence-corrected chi connectivity index (χ4v) is 1.36. The Bertz CT molecular complexity index is 670. The van der Waals surface area contributed by atoms with Crippen LogP contribution in [0.5, 0.6) is 0 Å². The van der Waals surface area contributed by atoms with Gasteiger partial charge in [0.1, 0.15) is 0 Å². The lowest BCUT2D eigenvalue weighted by atomic mass is 10.2. The summed E-state index contributed by atoms with van der Waals surface area (Å²) < 4.78 is 0. The molecule has 0 atom stereocenters. The Morgan fingerprint density at radius 2 is 2.35 bits per heavy atom. The third-order valence-corrected chi connectivity index (χ3v) is 2.20. The summed E-state index contributed by atoms with van der Waals surface area (Å²) in [6, 6.07) is 1.60. The molecule has 0 spiro atoms. The first-order valence-electron chi connectivity index (χ1n) is 5.79. The van der Waals surface area contributed by atoms with Crippen LogP contribution in [-0.4, -0.2) is 42.8 Å². The zero-order valence-electron chi connectivity index (χ0n) is 10.7. The minimum Gasteiger partial charge on any atom is -0.395 e. The molecule has 20 heavy (non-hydrogen) atoms. The smallest absolute Gasteiger partial charge is 0.270 e. The lowest BCUT2D eigenvalue weighted by Crippen LogP contribution is -2.13. The maximum atomic E-state index is 11.9. The molecule has 2 aromatic heterocycles. The summed E-state index contributed by atoms with van der Waals surface area (Å²) >= 11 is 0. The second kappa shape index (κ2) is 6.40. The lowest BCUT2D eigenvalue weighted by molar-refractivity contribution is 0.102. The van der Waals surface area contributed by atoms with Gasteiger partial charge in [-0.15, -0.1) is 5.10 Å². The van der Waals surface area contributed by atoms with Gasteiger partial charge in [-0.2, -0.15) is 4.80 Å². The van der Waals surface area contributed by atoms with E-state index in [0.29, 0.717) is 17.5 Å². The molecule has 8 heteroatoms. The number of aryl methyl sites for hydroxylation is 1. The Hall–Kier alpha value is -2.79. The Balaban J connectivity index is 2.10. The van der Waals surface area contributed by atoms with E-state index in [-0.39, 0.29) is 12.6 Å². The number of carbonyl (C=O) groups excluding carboxylic acids is 1. The Morgan fingerprint density at radius 1 is 1.50 bits per heavy atom. The number of rotatable bonds is 3. The van der Waals surface area contributed by atoms with E-state index >= 15 is 0 Å². The highest BCUT2D eigenvalue weighted by molar-refractivity contribution is 6.03. The van der Waals surface area contributed by atoms with Crippen LogP contribution >= 0.6 is 0 Å². The molecular formula is C12H12N6O2. The van der Waals surface area contributed by atoms with Crippen molar-refractivity contribution in [3.63, 3.8) is 0 Å². The van der Waals surface area contributed by atoms with Gasteiger partial charge in [0, 0.05) is 24.4 Å². The predicted molar refractivity (Wildman–Crippen MR) is 69.6 cm³/mol. The minimum absolute atomic E-state index is 0.00104. The van der Waals surface area contributed by atoms with Crippen molar-refractivity contribution in [3.05, 3.63) is 29.6 Å². The van der Waals surface area contributed by atoms with E-state index in [1.54, 1.807) is 19.3 Å². The second-order valence-electron chi connectivity index (χ2n) is 3.79. The molecule has 2 rings (SSSR count). The number of amides is 1. The minimum atomic E-state index is -0.392. The summed E-state index contributed by atoms with van der Waals surface area (Å²) in [6.07, 6.45) is 3.34. The average molecular weight is 272 g/mol. The summed E-state index contributed by atoms with van der Waals surface area (Å²) in [5, 5.41) is 22.3. The van der Waals surface area contributed by atoms with Crippen molar-refractivity contribution in [3.8, 4) is 11.8 Å². The number of aromatic nitrogens is 5. The third kappa shape index (κ3) is 3.60. The van der Waals surface area contributed by atoms with Crippen LogP contribution in [0.25, 0.3) is 0 Å². The topological polar surface area (TPSA) is 106 Å². The number of hydrogen-bond acceptors (Lipinski definition) is 6. The first kappa shape index (κ1) is 13.6. The first-order chi connectivity index (χ1) is 9.69.